The third-order valence-electron chi connectivity index (χ3n) is 5.60. The average Bonchev–Trinajstić information content (AvgIpc) is 3.39. The van der Waals surface area contributed by atoms with Crippen molar-refractivity contribution in [2.75, 3.05) is 25.7 Å². The number of thioether (sulfide) groups is 1. The Morgan fingerprint density at radius 2 is 2.03 bits per heavy atom. The number of aliphatic hydroxyl groups excluding tert-OH is 1. The Balaban J connectivity index is 1.97. The van der Waals surface area contributed by atoms with Gasteiger partial charge in [0.1, 0.15) is 6.04 Å². The van der Waals surface area contributed by atoms with E-state index in [4.69, 9.17) is 4.74 Å². The Morgan fingerprint density at radius 3 is 2.69 bits per heavy atom. The fraction of sp³-hybridized carbons (Fsp3) is 0.296. The van der Waals surface area contributed by atoms with E-state index in [2.05, 4.69) is 10.3 Å². The van der Waals surface area contributed by atoms with Gasteiger partial charge in [-0.05, 0) is 71.7 Å². The van der Waals surface area contributed by atoms with E-state index in [0.29, 0.717) is 18.4 Å². The quantitative estimate of drug-likeness (QED) is 0.362. The molecule has 0 radical (unpaired) electrons. The van der Waals surface area contributed by atoms with Crippen LogP contribution in [-0.4, -0.2) is 53.7 Å². The zero-order chi connectivity index (χ0) is 25.2. The van der Waals surface area contributed by atoms with Crippen LogP contribution in [0.5, 0.6) is 0 Å². The lowest BCUT2D eigenvalue weighted by molar-refractivity contribution is -0.142. The molecule has 1 aromatic heterocycles. The van der Waals surface area contributed by atoms with Gasteiger partial charge >= 0.3 is 5.97 Å². The van der Waals surface area contributed by atoms with Gasteiger partial charge in [0.15, 0.2) is 0 Å². The molecule has 0 unspecified atom stereocenters. The molecule has 0 aliphatic heterocycles. The summed E-state index contributed by atoms with van der Waals surface area (Å²) in [5, 5.41) is 12.8. The minimum absolute atomic E-state index is 0.0733. The Bertz CT molecular complexity index is 1180. The van der Waals surface area contributed by atoms with E-state index < -0.39 is 12.0 Å². The highest BCUT2D eigenvalue weighted by molar-refractivity contribution is 7.98. The van der Waals surface area contributed by atoms with Crippen LogP contribution in [0.2, 0.25) is 0 Å². The van der Waals surface area contributed by atoms with Gasteiger partial charge in [-0.2, -0.15) is 11.8 Å². The standard InChI is InChI=1S/C27H30N2O4S2/c1-18-6-4-5-7-22(18)24-14-19(12-20(16-30)13-21-15-28-17-35-21)8-9-23(24)26(31)29-25(10-11-34-3)27(32)33-2/h4-9,13-15,17,25,30H,10-12,16H2,1-3H3,(H,29,31)/t25-/m0/s1. The maximum atomic E-state index is 13.4. The molecule has 0 aliphatic carbocycles. The summed E-state index contributed by atoms with van der Waals surface area (Å²) in [5.41, 5.74) is 6.82. The van der Waals surface area contributed by atoms with E-state index in [0.717, 1.165) is 38.5 Å². The summed E-state index contributed by atoms with van der Waals surface area (Å²) < 4.78 is 4.90. The number of hydrogen-bond donors (Lipinski definition) is 2. The molecule has 2 N–H and O–H groups in total. The van der Waals surface area contributed by atoms with Crippen LogP contribution in [0.1, 0.15) is 32.8 Å². The smallest absolute Gasteiger partial charge is 0.328 e. The second kappa shape index (κ2) is 13.2. The summed E-state index contributed by atoms with van der Waals surface area (Å²) >= 11 is 3.12. The van der Waals surface area contributed by atoms with Crippen LogP contribution in [0, 0.1) is 6.92 Å². The second-order valence-electron chi connectivity index (χ2n) is 8.07. The number of methoxy groups -OCH3 is 1. The van der Waals surface area contributed by atoms with Gasteiger partial charge in [-0.3, -0.25) is 9.78 Å². The number of carbonyl (C=O) groups is 2. The molecule has 2 aromatic carbocycles. The summed E-state index contributed by atoms with van der Waals surface area (Å²) in [6, 6.07) is 12.8. The first-order valence-electron chi connectivity index (χ1n) is 11.2. The molecule has 184 valence electrons. The van der Waals surface area contributed by atoms with Gasteiger partial charge in [-0.25, -0.2) is 4.79 Å². The lowest BCUT2D eigenvalue weighted by Gasteiger charge is -2.19. The minimum Gasteiger partial charge on any atom is -0.467 e. The van der Waals surface area contributed by atoms with Crippen LogP contribution >= 0.6 is 23.1 Å². The van der Waals surface area contributed by atoms with Crippen molar-refractivity contribution in [2.45, 2.75) is 25.8 Å². The van der Waals surface area contributed by atoms with Crippen LogP contribution in [0.4, 0.5) is 0 Å². The number of aliphatic hydroxyl groups is 1. The van der Waals surface area contributed by atoms with E-state index in [1.165, 1.54) is 18.4 Å². The number of aryl methyl sites for hydroxylation is 1. The number of ether oxygens (including phenoxy) is 1. The molecule has 1 heterocycles. The van der Waals surface area contributed by atoms with Crippen LogP contribution in [0.25, 0.3) is 17.2 Å². The van der Waals surface area contributed by atoms with Crippen LogP contribution in [-0.2, 0) is 16.0 Å². The fourth-order valence-corrected chi connectivity index (χ4v) is 4.84. The molecule has 0 bridgehead atoms. The van der Waals surface area contributed by atoms with E-state index in [1.807, 2.05) is 55.7 Å². The Morgan fingerprint density at radius 1 is 1.23 bits per heavy atom. The highest BCUT2D eigenvalue weighted by Crippen LogP contribution is 2.29. The number of aromatic nitrogens is 1. The van der Waals surface area contributed by atoms with Gasteiger partial charge in [-0.1, -0.05) is 36.4 Å². The molecule has 0 saturated heterocycles. The van der Waals surface area contributed by atoms with Gasteiger partial charge in [0.25, 0.3) is 5.91 Å². The zero-order valence-corrected chi connectivity index (χ0v) is 21.7. The lowest BCUT2D eigenvalue weighted by atomic mass is 9.92. The molecule has 0 saturated carbocycles. The molecule has 0 fully saturated rings. The lowest BCUT2D eigenvalue weighted by Crippen LogP contribution is -2.42. The highest BCUT2D eigenvalue weighted by Gasteiger charge is 2.24. The zero-order valence-electron chi connectivity index (χ0n) is 20.1. The van der Waals surface area contributed by atoms with Gasteiger partial charge in [0.05, 0.1) is 19.2 Å². The van der Waals surface area contributed by atoms with E-state index in [-0.39, 0.29) is 12.5 Å². The molecule has 3 rings (SSSR count). The van der Waals surface area contributed by atoms with Crippen molar-refractivity contribution in [3.05, 3.63) is 81.3 Å². The SMILES string of the molecule is COC(=O)[C@H](CCSC)NC(=O)c1ccc(CC(=Cc2cncs2)CO)cc1-c1ccccc1C. The summed E-state index contributed by atoms with van der Waals surface area (Å²) in [4.78, 5) is 30.7. The number of nitrogens with one attached hydrogen (secondary N) is 1. The van der Waals surface area contributed by atoms with Crippen molar-refractivity contribution < 1.29 is 19.4 Å². The third kappa shape index (κ3) is 7.27. The fourth-order valence-electron chi connectivity index (χ4n) is 3.77. The summed E-state index contributed by atoms with van der Waals surface area (Å²) in [6.07, 6.45) is 6.68. The highest BCUT2D eigenvalue weighted by atomic mass is 32.2. The Labute approximate surface area is 214 Å². The average molecular weight is 511 g/mol. The van der Waals surface area contributed by atoms with Gasteiger partial charge in [0, 0.05) is 16.6 Å². The van der Waals surface area contributed by atoms with E-state index in [9.17, 15) is 14.7 Å². The predicted molar refractivity (Wildman–Crippen MR) is 144 cm³/mol. The van der Waals surface area contributed by atoms with E-state index in [1.54, 1.807) is 29.5 Å². The molecule has 0 spiro atoms. The number of hydrogen-bond acceptors (Lipinski definition) is 7. The minimum atomic E-state index is -0.715. The molecular weight excluding hydrogens is 480 g/mol. The first-order valence-corrected chi connectivity index (χ1v) is 13.5. The number of rotatable bonds is 11. The molecule has 1 atom stereocenters. The third-order valence-corrected chi connectivity index (χ3v) is 6.96. The number of thiazole rings is 1. The largest absolute Gasteiger partial charge is 0.467 e. The topological polar surface area (TPSA) is 88.5 Å². The molecule has 0 aliphatic rings. The van der Waals surface area contributed by atoms with Gasteiger partial charge < -0.3 is 15.2 Å². The van der Waals surface area contributed by atoms with E-state index >= 15 is 0 Å². The first kappa shape index (κ1) is 26.7. The molecule has 1 amide bonds. The number of benzene rings is 2. The Kier molecular flexibility index (Phi) is 10.1. The number of esters is 1. The van der Waals surface area contributed by atoms with Crippen molar-refractivity contribution in [3.8, 4) is 11.1 Å². The molecule has 3 aromatic rings. The van der Waals surface area contributed by atoms with Crippen molar-refractivity contribution in [3.63, 3.8) is 0 Å². The normalized spacial score (nSPS) is 12.3. The van der Waals surface area contributed by atoms with Crippen LogP contribution < -0.4 is 5.32 Å². The first-order chi connectivity index (χ1) is 17.0. The summed E-state index contributed by atoms with van der Waals surface area (Å²) in [6.45, 7) is 1.93. The monoisotopic (exact) mass is 510 g/mol. The molecule has 35 heavy (non-hydrogen) atoms. The summed E-state index contributed by atoms with van der Waals surface area (Å²) in [7, 11) is 1.33. The van der Waals surface area contributed by atoms with Gasteiger partial charge in [0.2, 0.25) is 0 Å². The van der Waals surface area contributed by atoms with Crippen molar-refractivity contribution in [1.82, 2.24) is 10.3 Å². The van der Waals surface area contributed by atoms with Crippen molar-refractivity contribution in [2.24, 2.45) is 0 Å². The number of nitrogens with zero attached hydrogens (tertiary/aromatic N) is 1. The summed E-state index contributed by atoms with van der Waals surface area (Å²) in [5.74, 6) is -0.0595. The molecule has 6 nitrogen and oxygen atoms in total. The van der Waals surface area contributed by atoms with Crippen molar-refractivity contribution in [1.29, 1.82) is 0 Å². The molecular formula is C27H30N2O4S2. The predicted octanol–water partition coefficient (Wildman–Crippen LogP) is 4.76. The van der Waals surface area contributed by atoms with Crippen LogP contribution in [0.15, 0.2) is 59.7 Å². The maximum absolute atomic E-state index is 13.4. The Hall–Kier alpha value is -2.94. The maximum Gasteiger partial charge on any atom is 0.328 e. The number of amides is 1. The van der Waals surface area contributed by atoms with Gasteiger partial charge in [-0.15, -0.1) is 11.3 Å². The van der Waals surface area contributed by atoms with Crippen molar-refractivity contribution >= 4 is 41.1 Å². The molecule has 8 heteroatoms. The second-order valence-corrected chi connectivity index (χ2v) is 9.97. The number of carbonyl (C=O) groups excluding carboxylic acids is 2. The van der Waals surface area contributed by atoms with Crippen LogP contribution in [0.3, 0.4) is 0 Å².